The molecule has 3 nitrogen and oxygen atoms in total. The van der Waals surface area contributed by atoms with E-state index in [0.717, 1.165) is 28.9 Å². The van der Waals surface area contributed by atoms with Crippen molar-refractivity contribution in [2.75, 3.05) is 13.7 Å². The number of nitrogens with one attached hydrogen (secondary N) is 1. The molecule has 1 aromatic carbocycles. The van der Waals surface area contributed by atoms with Gasteiger partial charge in [0.2, 0.25) is 0 Å². The average molecular weight is 344 g/mol. The van der Waals surface area contributed by atoms with Crippen molar-refractivity contribution in [2.45, 2.75) is 46.7 Å². The summed E-state index contributed by atoms with van der Waals surface area (Å²) in [7, 11) is 1.68. The first-order valence-electron chi connectivity index (χ1n) is 7.22. The third-order valence-corrected chi connectivity index (χ3v) is 3.96. The van der Waals surface area contributed by atoms with Crippen molar-refractivity contribution in [1.29, 1.82) is 0 Å². The normalized spacial score (nSPS) is 12.6. The van der Waals surface area contributed by atoms with E-state index in [1.165, 1.54) is 5.56 Å². The molecule has 1 aromatic rings. The van der Waals surface area contributed by atoms with Gasteiger partial charge in [-0.1, -0.05) is 20.8 Å². The van der Waals surface area contributed by atoms with Crippen LogP contribution in [0.4, 0.5) is 0 Å². The zero-order valence-electron chi connectivity index (χ0n) is 13.1. The topological polar surface area (TPSA) is 30.5 Å². The van der Waals surface area contributed by atoms with E-state index >= 15 is 0 Å². The number of hydrogen-bond donors (Lipinski definition) is 1. The van der Waals surface area contributed by atoms with Crippen LogP contribution < -0.4 is 14.8 Å². The van der Waals surface area contributed by atoms with Gasteiger partial charge in [-0.05, 0) is 52.9 Å². The van der Waals surface area contributed by atoms with Crippen LogP contribution in [-0.2, 0) is 6.54 Å². The lowest BCUT2D eigenvalue weighted by Crippen LogP contribution is -2.30. The molecule has 4 heteroatoms. The molecule has 0 spiro atoms. The van der Waals surface area contributed by atoms with Crippen LogP contribution in [0.3, 0.4) is 0 Å². The number of rotatable bonds is 8. The summed E-state index contributed by atoms with van der Waals surface area (Å²) < 4.78 is 12.1. The van der Waals surface area contributed by atoms with E-state index < -0.39 is 0 Å². The number of benzene rings is 1. The summed E-state index contributed by atoms with van der Waals surface area (Å²) in [5, 5.41) is 3.52. The number of halogens is 1. The molecule has 0 saturated heterocycles. The molecule has 1 rings (SSSR count). The summed E-state index contributed by atoms with van der Waals surface area (Å²) in [5.41, 5.74) is 1.19. The average Bonchev–Trinajstić information content (AvgIpc) is 2.42. The lowest BCUT2D eigenvalue weighted by atomic mass is 10.1. The highest BCUT2D eigenvalue weighted by atomic mass is 79.9. The fourth-order valence-corrected chi connectivity index (χ4v) is 2.34. The van der Waals surface area contributed by atoms with Gasteiger partial charge in [0.15, 0.2) is 11.5 Å². The Morgan fingerprint density at radius 2 is 1.95 bits per heavy atom. The van der Waals surface area contributed by atoms with Crippen molar-refractivity contribution in [2.24, 2.45) is 5.92 Å². The van der Waals surface area contributed by atoms with Gasteiger partial charge in [-0.3, -0.25) is 0 Å². The van der Waals surface area contributed by atoms with Gasteiger partial charge in [-0.25, -0.2) is 0 Å². The third kappa shape index (κ3) is 4.98. The lowest BCUT2D eigenvalue weighted by Gasteiger charge is -2.19. The fourth-order valence-electron chi connectivity index (χ4n) is 1.73. The van der Waals surface area contributed by atoms with Crippen LogP contribution in [0.2, 0.25) is 0 Å². The Hall–Kier alpha value is -0.740. The zero-order chi connectivity index (χ0) is 15.1. The summed E-state index contributed by atoms with van der Waals surface area (Å²) in [5.74, 6) is 2.18. The van der Waals surface area contributed by atoms with E-state index in [-0.39, 0.29) is 0 Å². The Balaban J connectivity index is 2.82. The molecule has 0 saturated carbocycles. The van der Waals surface area contributed by atoms with Gasteiger partial charge in [0, 0.05) is 12.6 Å². The maximum atomic E-state index is 5.73. The Labute approximate surface area is 131 Å². The number of methoxy groups -OCH3 is 1. The summed E-state index contributed by atoms with van der Waals surface area (Å²) in [6.45, 7) is 10.2. The van der Waals surface area contributed by atoms with Crippen LogP contribution >= 0.6 is 15.9 Å². The predicted molar refractivity (Wildman–Crippen MR) is 87.6 cm³/mol. The highest BCUT2D eigenvalue weighted by Gasteiger charge is 2.12. The van der Waals surface area contributed by atoms with Crippen molar-refractivity contribution in [3.8, 4) is 11.5 Å². The van der Waals surface area contributed by atoms with Crippen molar-refractivity contribution >= 4 is 15.9 Å². The second-order valence-electron chi connectivity index (χ2n) is 5.37. The summed E-state index contributed by atoms with van der Waals surface area (Å²) in [4.78, 5) is 0. The molecule has 0 aliphatic rings. The highest BCUT2D eigenvalue weighted by molar-refractivity contribution is 9.10. The van der Waals surface area contributed by atoms with Crippen molar-refractivity contribution in [3.63, 3.8) is 0 Å². The van der Waals surface area contributed by atoms with Crippen molar-refractivity contribution in [1.82, 2.24) is 5.32 Å². The van der Waals surface area contributed by atoms with Gasteiger partial charge in [0.1, 0.15) is 0 Å². The van der Waals surface area contributed by atoms with Gasteiger partial charge in [0.25, 0.3) is 0 Å². The second kappa shape index (κ2) is 8.53. The highest BCUT2D eigenvalue weighted by Crippen LogP contribution is 2.36. The van der Waals surface area contributed by atoms with Gasteiger partial charge in [0.05, 0.1) is 18.2 Å². The molecule has 0 aliphatic carbocycles. The molecule has 0 aliphatic heterocycles. The first-order valence-corrected chi connectivity index (χ1v) is 8.01. The molecule has 20 heavy (non-hydrogen) atoms. The van der Waals surface area contributed by atoms with E-state index in [4.69, 9.17) is 9.47 Å². The molecular weight excluding hydrogens is 318 g/mol. The zero-order valence-corrected chi connectivity index (χ0v) is 14.7. The number of ether oxygens (including phenoxy) is 2. The van der Waals surface area contributed by atoms with Gasteiger partial charge in [-0.2, -0.15) is 0 Å². The molecule has 1 unspecified atom stereocenters. The monoisotopic (exact) mass is 343 g/mol. The second-order valence-corrected chi connectivity index (χ2v) is 6.23. The third-order valence-electron chi connectivity index (χ3n) is 3.37. The Morgan fingerprint density at radius 1 is 1.25 bits per heavy atom. The van der Waals surface area contributed by atoms with Gasteiger partial charge >= 0.3 is 0 Å². The first kappa shape index (κ1) is 17.3. The SMILES string of the molecule is CCCOc1c(Br)cc(CNC(C)C(C)C)cc1OC. The van der Waals surface area contributed by atoms with E-state index in [1.54, 1.807) is 7.11 Å². The fraction of sp³-hybridized carbons (Fsp3) is 0.625. The minimum atomic E-state index is 0.482. The molecule has 0 aromatic heterocycles. The van der Waals surface area contributed by atoms with E-state index in [0.29, 0.717) is 18.6 Å². The Kier molecular flexibility index (Phi) is 7.38. The molecule has 114 valence electrons. The quantitative estimate of drug-likeness (QED) is 0.759. The molecular formula is C16H26BrNO2. The minimum absolute atomic E-state index is 0.482. The van der Waals surface area contributed by atoms with E-state index in [2.05, 4.69) is 55.0 Å². The van der Waals surface area contributed by atoms with Crippen molar-refractivity contribution in [3.05, 3.63) is 22.2 Å². The molecule has 0 radical (unpaired) electrons. The van der Waals surface area contributed by atoms with Crippen molar-refractivity contribution < 1.29 is 9.47 Å². The first-order chi connectivity index (χ1) is 9.49. The minimum Gasteiger partial charge on any atom is -0.493 e. The maximum Gasteiger partial charge on any atom is 0.175 e. The van der Waals surface area contributed by atoms with Crippen LogP contribution in [0.25, 0.3) is 0 Å². The van der Waals surface area contributed by atoms with Gasteiger partial charge < -0.3 is 14.8 Å². The molecule has 0 amide bonds. The molecule has 0 heterocycles. The molecule has 0 fully saturated rings. The van der Waals surface area contributed by atoms with Crippen LogP contribution in [0.15, 0.2) is 16.6 Å². The predicted octanol–water partition coefficient (Wildman–Crippen LogP) is 4.38. The Morgan fingerprint density at radius 3 is 2.50 bits per heavy atom. The summed E-state index contributed by atoms with van der Waals surface area (Å²) >= 11 is 3.57. The smallest absolute Gasteiger partial charge is 0.175 e. The van der Waals surface area contributed by atoms with Crippen LogP contribution in [0.5, 0.6) is 11.5 Å². The molecule has 1 N–H and O–H groups in total. The van der Waals surface area contributed by atoms with Crippen LogP contribution in [0.1, 0.15) is 39.7 Å². The maximum absolute atomic E-state index is 5.73. The van der Waals surface area contributed by atoms with E-state index in [9.17, 15) is 0 Å². The number of hydrogen-bond acceptors (Lipinski definition) is 3. The molecule has 1 atom stereocenters. The van der Waals surface area contributed by atoms with E-state index in [1.807, 2.05) is 6.07 Å². The lowest BCUT2D eigenvalue weighted by molar-refractivity contribution is 0.292. The van der Waals surface area contributed by atoms with Crippen LogP contribution in [-0.4, -0.2) is 19.8 Å². The van der Waals surface area contributed by atoms with Crippen LogP contribution in [0, 0.1) is 5.92 Å². The van der Waals surface area contributed by atoms with Gasteiger partial charge in [-0.15, -0.1) is 0 Å². The summed E-state index contributed by atoms with van der Waals surface area (Å²) in [6, 6.07) is 4.61. The standard InChI is InChI=1S/C16H26BrNO2/c1-6-7-20-16-14(17)8-13(9-15(16)19-5)10-18-12(4)11(2)3/h8-9,11-12,18H,6-7,10H2,1-5H3. The summed E-state index contributed by atoms with van der Waals surface area (Å²) in [6.07, 6.45) is 0.977. The largest absolute Gasteiger partial charge is 0.493 e. The Bertz CT molecular complexity index is 421. The molecule has 0 bridgehead atoms.